The predicted octanol–water partition coefficient (Wildman–Crippen LogP) is 2.61. The number of aromatic amines is 1. The Labute approximate surface area is 150 Å². The molecule has 130 valence electrons. The van der Waals surface area contributed by atoms with E-state index in [1.54, 1.807) is 36.4 Å². The Morgan fingerprint density at radius 2 is 1.96 bits per heavy atom. The highest BCUT2D eigenvalue weighted by atomic mass is 32.1. The fourth-order valence-electron chi connectivity index (χ4n) is 2.82. The molecule has 26 heavy (non-hydrogen) atoms. The van der Waals surface area contributed by atoms with Gasteiger partial charge in [0.15, 0.2) is 0 Å². The smallest absolute Gasteiger partial charge is 0.327 e. The highest BCUT2D eigenvalue weighted by molar-refractivity contribution is 7.14. The number of nitrogens with one attached hydrogen (secondary N) is 1. The van der Waals surface area contributed by atoms with Crippen LogP contribution in [-0.4, -0.2) is 25.0 Å². The number of hydrogen-bond acceptors (Lipinski definition) is 5. The summed E-state index contributed by atoms with van der Waals surface area (Å²) in [7, 11) is 0. The van der Waals surface area contributed by atoms with E-state index in [4.69, 9.17) is 0 Å². The minimum atomic E-state index is -1.10. The molecule has 0 aliphatic rings. The van der Waals surface area contributed by atoms with E-state index in [-0.39, 0.29) is 16.8 Å². The van der Waals surface area contributed by atoms with Gasteiger partial charge in [0, 0.05) is 5.56 Å². The fourth-order valence-corrected chi connectivity index (χ4v) is 3.96. The molecule has 0 aliphatic heterocycles. The number of rotatable bonds is 3. The van der Waals surface area contributed by atoms with Crippen molar-refractivity contribution in [2.45, 2.75) is 13.0 Å². The lowest BCUT2D eigenvalue weighted by Gasteiger charge is -2.05. The molecule has 0 saturated heterocycles. The first-order valence-corrected chi connectivity index (χ1v) is 8.61. The molecule has 0 bridgehead atoms. The van der Waals surface area contributed by atoms with Crippen LogP contribution < -0.4 is 11.1 Å². The summed E-state index contributed by atoms with van der Waals surface area (Å²) in [5, 5.41) is 9.58. The van der Waals surface area contributed by atoms with Crippen molar-refractivity contribution >= 4 is 38.6 Å². The third-order valence-electron chi connectivity index (χ3n) is 4.20. The minimum absolute atomic E-state index is 0.200. The molecule has 2 N–H and O–H groups in total. The Balaban J connectivity index is 2.03. The Morgan fingerprint density at radius 1 is 1.19 bits per heavy atom. The molecule has 0 saturated carbocycles. The third kappa shape index (κ3) is 2.42. The van der Waals surface area contributed by atoms with Crippen molar-refractivity contribution in [2.24, 2.45) is 0 Å². The first-order valence-electron chi connectivity index (χ1n) is 7.84. The average molecular weight is 367 g/mol. The number of aromatic nitrogens is 3. The average Bonchev–Trinajstić information content (AvgIpc) is 2.97. The molecule has 7 nitrogen and oxygen atoms in total. The van der Waals surface area contributed by atoms with Crippen molar-refractivity contribution in [3.8, 4) is 11.3 Å². The fraction of sp³-hybridized carbons (Fsp3) is 0.111. The number of hydrogen-bond donors (Lipinski definition) is 2. The van der Waals surface area contributed by atoms with Gasteiger partial charge in [0.05, 0.1) is 21.1 Å². The van der Waals surface area contributed by atoms with Gasteiger partial charge in [-0.15, -0.1) is 0 Å². The van der Waals surface area contributed by atoms with Gasteiger partial charge in [0.25, 0.3) is 11.1 Å². The number of carbonyl (C=O) groups is 1. The summed E-state index contributed by atoms with van der Waals surface area (Å²) >= 11 is 1.03. The van der Waals surface area contributed by atoms with Gasteiger partial charge >= 0.3 is 5.97 Å². The van der Waals surface area contributed by atoms with E-state index in [2.05, 4.69) is 9.97 Å². The van der Waals surface area contributed by atoms with E-state index >= 15 is 0 Å². The SMILES string of the molecule is CC(C(=O)O)n1sc2c(-c3nc4ccccc4[nH]c3=O)cccc2c1=O. The summed E-state index contributed by atoms with van der Waals surface area (Å²) in [5.41, 5.74) is 1.20. The van der Waals surface area contributed by atoms with Gasteiger partial charge in [0.1, 0.15) is 11.7 Å². The lowest BCUT2D eigenvalue weighted by Crippen LogP contribution is -2.23. The molecule has 2 aromatic heterocycles. The molecule has 8 heteroatoms. The van der Waals surface area contributed by atoms with Crippen LogP contribution in [-0.2, 0) is 4.79 Å². The highest BCUT2D eigenvalue weighted by Crippen LogP contribution is 2.29. The molecule has 1 atom stereocenters. The summed E-state index contributed by atoms with van der Waals surface area (Å²) in [6.45, 7) is 1.44. The van der Waals surface area contributed by atoms with Crippen LogP contribution in [0, 0.1) is 0 Å². The summed E-state index contributed by atoms with van der Waals surface area (Å²) in [6.07, 6.45) is 0. The zero-order valence-corrected chi connectivity index (χ0v) is 14.4. The molecule has 0 fully saturated rings. The van der Waals surface area contributed by atoms with Crippen LogP contribution in [0.15, 0.2) is 52.1 Å². The number of fused-ring (bicyclic) bond motifs is 2. The molecule has 1 unspecified atom stereocenters. The molecular formula is C18H13N3O4S. The maximum atomic E-state index is 12.6. The minimum Gasteiger partial charge on any atom is -0.480 e. The van der Waals surface area contributed by atoms with Gasteiger partial charge in [-0.2, -0.15) is 0 Å². The third-order valence-corrected chi connectivity index (χ3v) is 5.50. The van der Waals surface area contributed by atoms with Crippen LogP contribution in [0.4, 0.5) is 0 Å². The van der Waals surface area contributed by atoms with Crippen molar-refractivity contribution < 1.29 is 9.90 Å². The first-order chi connectivity index (χ1) is 12.5. The number of benzene rings is 2. The monoisotopic (exact) mass is 367 g/mol. The molecular weight excluding hydrogens is 354 g/mol. The van der Waals surface area contributed by atoms with Crippen LogP contribution in [0.3, 0.4) is 0 Å². The Morgan fingerprint density at radius 3 is 2.73 bits per heavy atom. The zero-order chi connectivity index (χ0) is 18.4. The van der Waals surface area contributed by atoms with E-state index in [9.17, 15) is 19.5 Å². The molecule has 0 aliphatic carbocycles. The maximum absolute atomic E-state index is 12.6. The lowest BCUT2D eigenvalue weighted by molar-refractivity contribution is -0.140. The predicted molar refractivity (Wildman–Crippen MR) is 99.8 cm³/mol. The lowest BCUT2D eigenvalue weighted by atomic mass is 10.1. The second-order valence-corrected chi connectivity index (χ2v) is 6.83. The van der Waals surface area contributed by atoms with Gasteiger partial charge in [-0.25, -0.2) is 13.7 Å². The van der Waals surface area contributed by atoms with Crippen molar-refractivity contribution in [1.29, 1.82) is 0 Å². The first kappa shape index (κ1) is 16.2. The van der Waals surface area contributed by atoms with Gasteiger partial charge in [-0.05, 0) is 25.1 Å². The highest BCUT2D eigenvalue weighted by Gasteiger charge is 2.21. The molecule has 2 heterocycles. The quantitative estimate of drug-likeness (QED) is 0.579. The van der Waals surface area contributed by atoms with Crippen molar-refractivity contribution in [2.75, 3.05) is 0 Å². The molecule has 4 rings (SSSR count). The largest absolute Gasteiger partial charge is 0.480 e. The summed E-state index contributed by atoms with van der Waals surface area (Å²) in [4.78, 5) is 43.6. The van der Waals surface area contributed by atoms with Crippen molar-refractivity contribution in [3.05, 3.63) is 63.2 Å². The summed E-state index contributed by atoms with van der Waals surface area (Å²) in [6, 6.07) is 11.2. The van der Waals surface area contributed by atoms with E-state index in [0.29, 0.717) is 26.7 Å². The van der Waals surface area contributed by atoms with Crippen molar-refractivity contribution in [3.63, 3.8) is 0 Å². The number of H-pyrrole nitrogens is 1. The standard InChI is InChI=1S/C18H13N3O4S/c1-9(18(24)25)21-17(23)11-6-4-5-10(15(11)26-21)14-16(22)20-13-8-3-2-7-12(13)19-14/h2-9H,1H3,(H,20,22)(H,24,25). The van der Waals surface area contributed by atoms with Gasteiger partial charge < -0.3 is 10.1 Å². The van der Waals surface area contributed by atoms with Crippen LogP contribution >= 0.6 is 11.5 Å². The van der Waals surface area contributed by atoms with Crippen LogP contribution in [0.25, 0.3) is 32.4 Å². The topological polar surface area (TPSA) is 105 Å². The molecule has 4 aromatic rings. The number of carboxylic acid groups (broad SMARTS) is 1. The van der Waals surface area contributed by atoms with Crippen LogP contribution in [0.5, 0.6) is 0 Å². The van der Waals surface area contributed by atoms with E-state index in [1.165, 1.54) is 10.9 Å². The van der Waals surface area contributed by atoms with Gasteiger partial charge in [-0.3, -0.25) is 9.59 Å². The Hall–Kier alpha value is -3.26. The molecule has 0 spiro atoms. The zero-order valence-electron chi connectivity index (χ0n) is 13.6. The number of para-hydroxylation sites is 2. The van der Waals surface area contributed by atoms with Crippen molar-refractivity contribution in [1.82, 2.24) is 13.9 Å². The van der Waals surface area contributed by atoms with Gasteiger partial charge in [0.2, 0.25) is 0 Å². The molecule has 2 aromatic carbocycles. The second-order valence-electron chi connectivity index (χ2n) is 5.85. The number of aliphatic carboxylic acids is 1. The Bertz CT molecular complexity index is 1290. The number of carboxylic acids is 1. The summed E-state index contributed by atoms with van der Waals surface area (Å²) in [5.74, 6) is -1.10. The molecule has 0 amide bonds. The number of nitrogens with zero attached hydrogens (tertiary/aromatic N) is 2. The van der Waals surface area contributed by atoms with E-state index in [1.807, 2.05) is 6.07 Å². The van der Waals surface area contributed by atoms with E-state index < -0.39 is 12.0 Å². The second kappa shape index (κ2) is 5.92. The molecule has 0 radical (unpaired) electrons. The maximum Gasteiger partial charge on any atom is 0.327 e. The van der Waals surface area contributed by atoms with Crippen LogP contribution in [0.1, 0.15) is 13.0 Å². The van der Waals surface area contributed by atoms with Crippen LogP contribution in [0.2, 0.25) is 0 Å². The van der Waals surface area contributed by atoms with Gasteiger partial charge in [-0.1, -0.05) is 35.8 Å². The normalized spacial score (nSPS) is 12.5. The Kier molecular flexibility index (Phi) is 3.69. The summed E-state index contributed by atoms with van der Waals surface area (Å²) < 4.78 is 1.74. The van der Waals surface area contributed by atoms with E-state index in [0.717, 1.165) is 11.5 Å².